The highest BCUT2D eigenvalue weighted by Gasteiger charge is 2.48. The van der Waals surface area contributed by atoms with Gasteiger partial charge in [0.15, 0.2) is 0 Å². The minimum atomic E-state index is -1.11. The first-order valence-electron chi connectivity index (χ1n) is 12.8. The smallest absolute Gasteiger partial charge is 0.335 e. The number of aromatic carboxylic acids is 1. The van der Waals surface area contributed by atoms with Crippen molar-refractivity contribution in [2.45, 2.75) is 32.2 Å². The molecule has 1 amide bonds. The molecule has 1 aliphatic rings. The summed E-state index contributed by atoms with van der Waals surface area (Å²) >= 11 is 0. The lowest BCUT2D eigenvalue weighted by Gasteiger charge is -2.24. The Morgan fingerprint density at radius 2 is 1.61 bits per heavy atom. The van der Waals surface area contributed by atoms with E-state index in [1.165, 1.54) is 30.2 Å². The first-order chi connectivity index (χ1) is 19.4. The predicted octanol–water partition coefficient (Wildman–Crippen LogP) is 5.20. The van der Waals surface area contributed by atoms with Gasteiger partial charge in [-0.15, -0.1) is 0 Å². The normalized spacial score (nSPS) is 16.8. The van der Waals surface area contributed by atoms with Gasteiger partial charge >= 0.3 is 11.9 Å². The molecular formula is C31H29N3O7. The largest absolute Gasteiger partial charge is 0.507 e. The van der Waals surface area contributed by atoms with E-state index in [0.717, 1.165) is 5.56 Å². The maximum Gasteiger partial charge on any atom is 0.335 e. The zero-order chi connectivity index (χ0) is 29.6. The third-order valence-electron chi connectivity index (χ3n) is 7.10. The molecular weight excluding hydrogens is 526 g/mol. The molecule has 3 aromatic carbocycles. The zero-order valence-corrected chi connectivity index (χ0v) is 23.2. The first kappa shape index (κ1) is 27.4. The topological polar surface area (TPSA) is 142 Å². The summed E-state index contributed by atoms with van der Waals surface area (Å²) < 4.78 is 10.8. The number of aromatic nitrogens is 2. The molecule has 5 rings (SSSR count). The maximum atomic E-state index is 13.6. The average Bonchev–Trinajstić information content (AvgIpc) is 3.49. The summed E-state index contributed by atoms with van der Waals surface area (Å²) in [5.41, 5.74) is 2.06. The molecule has 1 aromatic heterocycles. The number of aliphatic hydroxyl groups excluding tert-OH is 1. The third kappa shape index (κ3) is 4.77. The minimum Gasteiger partial charge on any atom is -0.507 e. The Hall–Kier alpha value is -5.12. The number of H-pyrrole nitrogens is 1. The van der Waals surface area contributed by atoms with Crippen LogP contribution in [0.2, 0.25) is 0 Å². The number of ketones is 1. The van der Waals surface area contributed by atoms with Gasteiger partial charge in [-0.25, -0.2) is 9.78 Å². The second-order valence-electron chi connectivity index (χ2n) is 10.7. The summed E-state index contributed by atoms with van der Waals surface area (Å²) in [7, 11) is 3.09. The average molecular weight is 556 g/mol. The number of nitrogens with one attached hydrogen (secondary N) is 1. The standard InChI is InChI=1S/C31H29N3O7/c1-31(2,3)20-14-17(9-13-23(20)41-5)26(35)24-25(16-6-10-19(40-4)11-7-16)34(28(37)27(24)36)30-32-21-12-8-18(29(38)39)15-22(21)33-30/h6-15,25,35H,1-5H3,(H,32,33)(H,38,39)/b26-24+. The molecule has 1 saturated heterocycles. The molecule has 41 heavy (non-hydrogen) atoms. The molecule has 1 fully saturated rings. The maximum absolute atomic E-state index is 13.6. The first-order valence-corrected chi connectivity index (χ1v) is 12.8. The van der Waals surface area contributed by atoms with E-state index in [9.17, 15) is 24.6 Å². The van der Waals surface area contributed by atoms with Crippen LogP contribution in [0.25, 0.3) is 16.8 Å². The van der Waals surface area contributed by atoms with Crippen LogP contribution in [0.3, 0.4) is 0 Å². The van der Waals surface area contributed by atoms with Gasteiger partial charge in [0.2, 0.25) is 5.95 Å². The Bertz CT molecular complexity index is 1730. The molecule has 0 bridgehead atoms. The highest BCUT2D eigenvalue weighted by atomic mass is 16.5. The molecule has 10 heteroatoms. The fraction of sp³-hybridized carbons (Fsp3) is 0.226. The fourth-order valence-corrected chi connectivity index (χ4v) is 4.99. The lowest BCUT2D eigenvalue weighted by Crippen LogP contribution is -2.30. The van der Waals surface area contributed by atoms with Crippen LogP contribution in [0.5, 0.6) is 11.5 Å². The van der Waals surface area contributed by atoms with Crippen molar-refractivity contribution in [2.75, 3.05) is 19.1 Å². The van der Waals surface area contributed by atoms with Gasteiger partial charge < -0.3 is 24.7 Å². The van der Waals surface area contributed by atoms with E-state index >= 15 is 0 Å². The van der Waals surface area contributed by atoms with Crippen molar-refractivity contribution in [1.82, 2.24) is 9.97 Å². The number of aliphatic hydroxyl groups is 1. The number of methoxy groups -OCH3 is 2. The van der Waals surface area contributed by atoms with Crippen LogP contribution in [0.4, 0.5) is 5.95 Å². The van der Waals surface area contributed by atoms with Gasteiger partial charge in [0.05, 0.1) is 42.4 Å². The van der Waals surface area contributed by atoms with Crippen LogP contribution in [0.1, 0.15) is 53.9 Å². The number of hydrogen-bond acceptors (Lipinski definition) is 7. The summed E-state index contributed by atoms with van der Waals surface area (Å²) in [5.74, 6) is -2.00. The van der Waals surface area contributed by atoms with E-state index in [1.54, 1.807) is 49.6 Å². The number of carboxylic acid groups (broad SMARTS) is 1. The van der Waals surface area contributed by atoms with Gasteiger partial charge in [0.25, 0.3) is 5.78 Å². The van der Waals surface area contributed by atoms with Crippen molar-refractivity contribution in [3.8, 4) is 11.5 Å². The van der Waals surface area contributed by atoms with Crippen LogP contribution in [-0.2, 0) is 15.0 Å². The van der Waals surface area contributed by atoms with E-state index in [1.807, 2.05) is 20.8 Å². The van der Waals surface area contributed by atoms with Gasteiger partial charge in [0.1, 0.15) is 17.3 Å². The third-order valence-corrected chi connectivity index (χ3v) is 7.10. The number of ether oxygens (including phenoxy) is 2. The van der Waals surface area contributed by atoms with E-state index in [0.29, 0.717) is 33.7 Å². The molecule has 0 saturated carbocycles. The second kappa shape index (κ2) is 10.1. The Morgan fingerprint density at radius 3 is 2.22 bits per heavy atom. The molecule has 3 N–H and O–H groups in total. The minimum absolute atomic E-state index is 0.0367. The molecule has 0 spiro atoms. The van der Waals surface area contributed by atoms with E-state index in [4.69, 9.17) is 9.47 Å². The van der Waals surface area contributed by atoms with Crippen molar-refractivity contribution in [3.05, 3.63) is 88.5 Å². The molecule has 0 aliphatic carbocycles. The summed E-state index contributed by atoms with van der Waals surface area (Å²) in [5, 5.41) is 21.0. The Balaban J connectivity index is 1.72. The number of rotatable bonds is 6. The van der Waals surface area contributed by atoms with Crippen LogP contribution < -0.4 is 14.4 Å². The molecule has 1 aliphatic heterocycles. The number of carbonyl (C=O) groups excluding carboxylic acids is 2. The number of benzene rings is 3. The van der Waals surface area contributed by atoms with Gasteiger partial charge in [0, 0.05) is 11.1 Å². The number of imidazole rings is 1. The van der Waals surface area contributed by atoms with Crippen LogP contribution in [0.15, 0.2) is 66.2 Å². The molecule has 0 radical (unpaired) electrons. The molecule has 1 unspecified atom stereocenters. The van der Waals surface area contributed by atoms with Crippen molar-refractivity contribution < 1.29 is 34.1 Å². The SMILES string of the molecule is COc1ccc(C2/C(=C(\O)c3ccc(OC)c(C(C)(C)C)c3)C(=O)C(=O)N2c2nc3ccc(C(=O)O)cc3[nH]2)cc1. The Kier molecular flexibility index (Phi) is 6.78. The van der Waals surface area contributed by atoms with Crippen molar-refractivity contribution in [2.24, 2.45) is 0 Å². The quantitative estimate of drug-likeness (QED) is 0.167. The number of fused-ring (bicyclic) bond motifs is 1. The van der Waals surface area contributed by atoms with Gasteiger partial charge in [-0.1, -0.05) is 32.9 Å². The summed E-state index contributed by atoms with van der Waals surface area (Å²) in [6.07, 6.45) is 0. The molecule has 4 aromatic rings. The van der Waals surface area contributed by atoms with Crippen LogP contribution in [-0.4, -0.2) is 52.1 Å². The fourth-order valence-electron chi connectivity index (χ4n) is 4.99. The van der Waals surface area contributed by atoms with Crippen LogP contribution in [0, 0.1) is 0 Å². The Morgan fingerprint density at radius 1 is 0.927 bits per heavy atom. The molecule has 10 nitrogen and oxygen atoms in total. The number of aromatic amines is 1. The predicted molar refractivity (Wildman–Crippen MR) is 153 cm³/mol. The van der Waals surface area contributed by atoms with E-state index < -0.39 is 23.7 Å². The number of carbonyl (C=O) groups is 3. The molecule has 1 atom stereocenters. The lowest BCUT2D eigenvalue weighted by molar-refractivity contribution is -0.132. The lowest BCUT2D eigenvalue weighted by atomic mass is 9.84. The number of hydrogen-bond donors (Lipinski definition) is 3. The van der Waals surface area contributed by atoms with Crippen molar-refractivity contribution >= 4 is 40.4 Å². The van der Waals surface area contributed by atoms with E-state index in [2.05, 4.69) is 9.97 Å². The summed E-state index contributed by atoms with van der Waals surface area (Å²) in [6, 6.07) is 15.2. The monoisotopic (exact) mass is 555 g/mol. The van der Waals surface area contributed by atoms with Crippen molar-refractivity contribution in [3.63, 3.8) is 0 Å². The zero-order valence-electron chi connectivity index (χ0n) is 23.2. The summed E-state index contributed by atoms with van der Waals surface area (Å²) in [4.78, 5) is 47.3. The number of amides is 1. The van der Waals surface area contributed by atoms with Gasteiger partial charge in [-0.3, -0.25) is 14.5 Å². The Labute approximate surface area is 235 Å². The van der Waals surface area contributed by atoms with Crippen molar-refractivity contribution in [1.29, 1.82) is 0 Å². The number of anilines is 1. The molecule has 2 heterocycles. The van der Waals surface area contributed by atoms with E-state index in [-0.39, 0.29) is 28.3 Å². The highest BCUT2D eigenvalue weighted by molar-refractivity contribution is 6.51. The van der Waals surface area contributed by atoms with Gasteiger partial charge in [-0.2, -0.15) is 0 Å². The number of carboxylic acids is 1. The highest BCUT2D eigenvalue weighted by Crippen LogP contribution is 2.43. The van der Waals surface area contributed by atoms with Crippen LogP contribution >= 0.6 is 0 Å². The number of Topliss-reactive ketones (excluding diaryl/α,β-unsaturated/α-hetero) is 1. The van der Waals surface area contributed by atoms with Gasteiger partial charge in [-0.05, 0) is 59.5 Å². The summed E-state index contributed by atoms with van der Waals surface area (Å²) in [6.45, 7) is 6.01. The second-order valence-corrected chi connectivity index (χ2v) is 10.7. The number of nitrogens with zero attached hydrogens (tertiary/aromatic N) is 2. The molecule has 210 valence electrons.